The monoisotopic (exact) mass is 356 g/mol. The van der Waals surface area contributed by atoms with Gasteiger partial charge in [0.05, 0.1) is 24.0 Å². The Balaban J connectivity index is 1.54. The summed E-state index contributed by atoms with van der Waals surface area (Å²) in [5.74, 6) is 0.207. The Bertz CT molecular complexity index is 857. The second-order valence-corrected chi connectivity index (χ2v) is 6.83. The maximum absolute atomic E-state index is 12.8. The predicted octanol–water partition coefficient (Wildman–Crippen LogP) is 0.993. The smallest absolute Gasteiger partial charge is 0.262 e. The van der Waals surface area contributed by atoms with Crippen molar-refractivity contribution < 1.29 is 19.4 Å². The van der Waals surface area contributed by atoms with Crippen molar-refractivity contribution in [3.63, 3.8) is 0 Å². The normalized spacial score (nSPS) is 22.5. The standard InChI is InChI=1S/C18H20N4O4/c1-22-8-12(7-19-22)17(11-4-13(23)5-11)21-18(25)10-2-3-14-15(6-10)26-9-16(24)20-14/h2-3,6-8,11,13,17,23H,4-5,9H2,1H3,(H,20,24)(H,21,25)/t11?,13?,17-/m1/s1. The molecule has 0 unspecified atom stereocenters. The molecule has 1 atom stereocenters. The minimum Gasteiger partial charge on any atom is -0.482 e. The number of ether oxygens (including phenoxy) is 1. The maximum atomic E-state index is 12.8. The summed E-state index contributed by atoms with van der Waals surface area (Å²) in [6, 6.07) is 4.73. The summed E-state index contributed by atoms with van der Waals surface area (Å²) in [5, 5.41) is 19.6. The van der Waals surface area contributed by atoms with Crippen LogP contribution in [0.1, 0.15) is 34.8 Å². The van der Waals surface area contributed by atoms with E-state index in [9.17, 15) is 14.7 Å². The van der Waals surface area contributed by atoms with E-state index < -0.39 is 0 Å². The lowest BCUT2D eigenvalue weighted by molar-refractivity contribution is -0.118. The van der Waals surface area contributed by atoms with E-state index in [1.807, 2.05) is 13.2 Å². The Morgan fingerprint density at radius 3 is 2.96 bits per heavy atom. The number of aryl methyl sites for hydroxylation is 1. The number of nitrogens with one attached hydrogen (secondary N) is 2. The van der Waals surface area contributed by atoms with Gasteiger partial charge in [-0.25, -0.2) is 0 Å². The molecule has 2 aliphatic rings. The van der Waals surface area contributed by atoms with Crippen molar-refractivity contribution in [1.29, 1.82) is 0 Å². The van der Waals surface area contributed by atoms with Crippen molar-refractivity contribution in [1.82, 2.24) is 15.1 Å². The fourth-order valence-corrected chi connectivity index (χ4v) is 3.42. The van der Waals surface area contributed by atoms with Crippen molar-refractivity contribution in [3.05, 3.63) is 41.7 Å². The molecular formula is C18H20N4O4. The van der Waals surface area contributed by atoms with E-state index in [2.05, 4.69) is 15.7 Å². The fourth-order valence-electron chi connectivity index (χ4n) is 3.42. The lowest BCUT2D eigenvalue weighted by Crippen LogP contribution is -2.41. The molecule has 1 fully saturated rings. The quantitative estimate of drug-likeness (QED) is 0.758. The van der Waals surface area contributed by atoms with E-state index in [0.29, 0.717) is 29.8 Å². The van der Waals surface area contributed by atoms with Gasteiger partial charge in [-0.2, -0.15) is 5.10 Å². The number of hydrogen-bond donors (Lipinski definition) is 3. The van der Waals surface area contributed by atoms with Crippen LogP contribution in [0.4, 0.5) is 5.69 Å². The summed E-state index contributed by atoms with van der Waals surface area (Å²) < 4.78 is 7.07. The van der Waals surface area contributed by atoms with Crippen LogP contribution in [-0.2, 0) is 11.8 Å². The Hall–Kier alpha value is -2.87. The first kappa shape index (κ1) is 16.6. The average molecular weight is 356 g/mol. The Kier molecular flexibility index (Phi) is 4.12. The number of fused-ring (bicyclic) bond motifs is 1. The number of benzene rings is 1. The molecule has 1 aromatic carbocycles. The number of rotatable bonds is 4. The Morgan fingerprint density at radius 1 is 1.46 bits per heavy atom. The number of carbonyl (C=O) groups is 2. The first-order chi connectivity index (χ1) is 12.5. The molecule has 1 aromatic heterocycles. The molecule has 4 rings (SSSR count). The molecule has 0 radical (unpaired) electrons. The summed E-state index contributed by atoms with van der Waals surface area (Å²) in [5.41, 5.74) is 1.93. The second kappa shape index (κ2) is 6.45. The van der Waals surface area contributed by atoms with Crippen molar-refractivity contribution in [2.75, 3.05) is 11.9 Å². The topological polar surface area (TPSA) is 105 Å². The number of aromatic nitrogens is 2. The zero-order valence-electron chi connectivity index (χ0n) is 14.3. The number of hydrogen-bond acceptors (Lipinski definition) is 5. The molecule has 1 aliphatic heterocycles. The summed E-state index contributed by atoms with van der Waals surface area (Å²) in [6.45, 7) is -0.0592. The summed E-state index contributed by atoms with van der Waals surface area (Å²) in [4.78, 5) is 24.1. The minimum absolute atomic E-state index is 0.0592. The highest BCUT2D eigenvalue weighted by Gasteiger charge is 2.36. The molecule has 26 heavy (non-hydrogen) atoms. The van der Waals surface area contributed by atoms with Gasteiger partial charge in [0.25, 0.3) is 11.8 Å². The SMILES string of the molecule is Cn1cc([C@H](NC(=O)c2ccc3c(c2)OCC(=O)N3)C2CC(O)C2)cn1. The fraction of sp³-hybridized carbons (Fsp3) is 0.389. The van der Waals surface area contributed by atoms with Crippen molar-refractivity contribution in [2.45, 2.75) is 25.0 Å². The molecule has 8 heteroatoms. The van der Waals surface area contributed by atoms with Crippen LogP contribution in [0.15, 0.2) is 30.6 Å². The molecule has 2 aromatic rings. The zero-order valence-corrected chi connectivity index (χ0v) is 14.3. The van der Waals surface area contributed by atoms with E-state index >= 15 is 0 Å². The van der Waals surface area contributed by atoms with Crippen LogP contribution in [0.5, 0.6) is 5.75 Å². The van der Waals surface area contributed by atoms with Crippen LogP contribution in [0.25, 0.3) is 0 Å². The highest BCUT2D eigenvalue weighted by molar-refractivity contribution is 5.99. The van der Waals surface area contributed by atoms with Crippen LogP contribution < -0.4 is 15.4 Å². The molecule has 1 saturated carbocycles. The van der Waals surface area contributed by atoms with Gasteiger partial charge >= 0.3 is 0 Å². The summed E-state index contributed by atoms with van der Waals surface area (Å²) >= 11 is 0. The van der Waals surface area contributed by atoms with Crippen molar-refractivity contribution in [2.24, 2.45) is 13.0 Å². The molecule has 0 spiro atoms. The highest BCUT2D eigenvalue weighted by Crippen LogP contribution is 2.38. The Morgan fingerprint density at radius 2 is 2.27 bits per heavy atom. The van der Waals surface area contributed by atoms with Crippen LogP contribution in [0.2, 0.25) is 0 Å². The largest absolute Gasteiger partial charge is 0.482 e. The van der Waals surface area contributed by atoms with Crippen molar-refractivity contribution >= 4 is 17.5 Å². The van der Waals surface area contributed by atoms with E-state index in [1.54, 1.807) is 29.1 Å². The van der Waals surface area contributed by atoms with Gasteiger partial charge in [-0.05, 0) is 37.0 Å². The lowest BCUT2D eigenvalue weighted by Gasteiger charge is -2.37. The van der Waals surface area contributed by atoms with Gasteiger partial charge in [-0.15, -0.1) is 0 Å². The second-order valence-electron chi connectivity index (χ2n) is 6.83. The number of aliphatic hydroxyl groups excluding tert-OH is 1. The van der Waals surface area contributed by atoms with Gasteiger partial charge in [0.2, 0.25) is 0 Å². The number of carbonyl (C=O) groups excluding carboxylic acids is 2. The molecule has 0 saturated heterocycles. The van der Waals surface area contributed by atoms with E-state index in [1.165, 1.54) is 0 Å². The van der Waals surface area contributed by atoms with Gasteiger partial charge in [0.15, 0.2) is 6.61 Å². The first-order valence-corrected chi connectivity index (χ1v) is 8.54. The molecule has 1 aliphatic carbocycles. The van der Waals surface area contributed by atoms with Crippen LogP contribution in [0, 0.1) is 5.92 Å². The third-order valence-electron chi connectivity index (χ3n) is 4.87. The first-order valence-electron chi connectivity index (χ1n) is 8.54. The minimum atomic E-state index is -0.308. The molecule has 8 nitrogen and oxygen atoms in total. The van der Waals surface area contributed by atoms with E-state index in [4.69, 9.17) is 4.74 Å². The zero-order chi connectivity index (χ0) is 18.3. The average Bonchev–Trinajstić information content (AvgIpc) is 3.02. The number of amides is 2. The Labute approximate surface area is 150 Å². The predicted molar refractivity (Wildman–Crippen MR) is 92.7 cm³/mol. The van der Waals surface area contributed by atoms with E-state index in [-0.39, 0.29) is 36.5 Å². The van der Waals surface area contributed by atoms with Crippen LogP contribution in [0.3, 0.4) is 0 Å². The van der Waals surface area contributed by atoms with Crippen LogP contribution >= 0.6 is 0 Å². The third-order valence-corrected chi connectivity index (χ3v) is 4.87. The molecule has 2 amide bonds. The van der Waals surface area contributed by atoms with Gasteiger partial charge in [0.1, 0.15) is 5.75 Å². The van der Waals surface area contributed by atoms with Crippen LogP contribution in [-0.4, -0.2) is 39.4 Å². The van der Waals surface area contributed by atoms with Gasteiger partial charge in [-0.3, -0.25) is 14.3 Å². The molecule has 2 heterocycles. The highest BCUT2D eigenvalue weighted by atomic mass is 16.5. The van der Waals surface area contributed by atoms with Gasteiger partial charge in [-0.1, -0.05) is 0 Å². The molecule has 0 bridgehead atoms. The summed E-state index contributed by atoms with van der Waals surface area (Å²) in [6.07, 6.45) is 4.61. The van der Waals surface area contributed by atoms with E-state index in [0.717, 1.165) is 5.56 Å². The number of aliphatic hydroxyl groups is 1. The van der Waals surface area contributed by atoms with Gasteiger partial charge in [0, 0.05) is 24.4 Å². The molecule has 136 valence electrons. The molecular weight excluding hydrogens is 336 g/mol. The number of nitrogens with zero attached hydrogens (tertiary/aromatic N) is 2. The maximum Gasteiger partial charge on any atom is 0.262 e. The number of anilines is 1. The van der Waals surface area contributed by atoms with Gasteiger partial charge < -0.3 is 20.5 Å². The van der Waals surface area contributed by atoms with Crippen molar-refractivity contribution in [3.8, 4) is 5.75 Å². The third kappa shape index (κ3) is 3.15. The molecule has 3 N–H and O–H groups in total. The summed E-state index contributed by atoms with van der Waals surface area (Å²) in [7, 11) is 1.83. The lowest BCUT2D eigenvalue weighted by atomic mass is 9.75.